The van der Waals surface area contributed by atoms with E-state index >= 15 is 0 Å². The van der Waals surface area contributed by atoms with Crippen LogP contribution in [0.15, 0.2) is 35.3 Å². The third kappa shape index (κ3) is 3.34. The average Bonchev–Trinajstić information content (AvgIpc) is 2.86. The van der Waals surface area contributed by atoms with Gasteiger partial charge < -0.3 is 10.4 Å². The first-order chi connectivity index (χ1) is 8.66. The van der Waals surface area contributed by atoms with Crippen LogP contribution in [-0.4, -0.2) is 40.5 Å². The number of carbonyl (C=O) groups excluding carboxylic acids is 1. The van der Waals surface area contributed by atoms with E-state index in [9.17, 15) is 4.79 Å². The maximum Gasteiger partial charge on any atom is 0.245 e. The molecule has 0 radical (unpaired) electrons. The molecule has 0 aromatic heterocycles. The van der Waals surface area contributed by atoms with Crippen molar-refractivity contribution in [2.75, 3.05) is 12.3 Å². The Balaban J connectivity index is 1.98. The number of aliphatic hydroxyl groups excluding tert-OH is 1. The van der Waals surface area contributed by atoms with Crippen LogP contribution in [0, 0.1) is 0 Å². The molecule has 1 unspecified atom stereocenters. The molecular weight excluding hydrogens is 248 g/mol. The molecular formula is C13H16N2O2S. The molecule has 0 bridgehead atoms. The second-order valence-corrected chi connectivity index (χ2v) is 5.23. The smallest absolute Gasteiger partial charge is 0.245 e. The lowest BCUT2D eigenvalue weighted by Crippen LogP contribution is -2.37. The largest absolute Gasteiger partial charge is 0.392 e. The molecule has 1 aromatic rings. The van der Waals surface area contributed by atoms with Crippen LogP contribution in [0.2, 0.25) is 0 Å². The van der Waals surface area contributed by atoms with Crippen LogP contribution in [0.3, 0.4) is 0 Å². The predicted octanol–water partition coefficient (Wildman–Crippen LogP) is 1.05. The number of nitrogens with zero attached hydrogens (tertiary/aromatic N) is 1. The molecule has 1 amide bonds. The zero-order chi connectivity index (χ0) is 13.0. The lowest BCUT2D eigenvalue weighted by atomic mass is 10.2. The van der Waals surface area contributed by atoms with Gasteiger partial charge in [-0.25, -0.2) is 0 Å². The SMILES string of the molecule is C[C@@H](O)CNC(=O)C1CSC(c2ccccc2)=N1. The fraction of sp³-hybridized carbons (Fsp3) is 0.385. The Labute approximate surface area is 111 Å². The second-order valence-electron chi connectivity index (χ2n) is 4.22. The van der Waals surface area contributed by atoms with Crippen molar-refractivity contribution < 1.29 is 9.90 Å². The number of hydrogen-bond acceptors (Lipinski definition) is 4. The Hall–Kier alpha value is -1.33. The Morgan fingerprint density at radius 3 is 2.94 bits per heavy atom. The van der Waals surface area contributed by atoms with E-state index in [1.54, 1.807) is 18.7 Å². The van der Waals surface area contributed by atoms with Gasteiger partial charge in [0.05, 0.1) is 11.1 Å². The molecule has 96 valence electrons. The van der Waals surface area contributed by atoms with E-state index in [2.05, 4.69) is 10.3 Å². The molecule has 5 heteroatoms. The number of aliphatic imine (C=N–C) groups is 1. The first kappa shape index (κ1) is 13.1. The van der Waals surface area contributed by atoms with Crippen molar-refractivity contribution in [3.8, 4) is 0 Å². The second kappa shape index (κ2) is 6.02. The first-order valence-electron chi connectivity index (χ1n) is 5.88. The summed E-state index contributed by atoms with van der Waals surface area (Å²) in [5.41, 5.74) is 1.05. The highest BCUT2D eigenvalue weighted by Crippen LogP contribution is 2.23. The molecule has 1 aliphatic heterocycles. The minimum absolute atomic E-state index is 0.116. The Morgan fingerprint density at radius 2 is 2.28 bits per heavy atom. The fourth-order valence-corrected chi connectivity index (χ4v) is 2.66. The monoisotopic (exact) mass is 264 g/mol. The average molecular weight is 264 g/mol. The van der Waals surface area contributed by atoms with Gasteiger partial charge in [0.25, 0.3) is 0 Å². The van der Waals surface area contributed by atoms with E-state index in [-0.39, 0.29) is 18.5 Å². The van der Waals surface area contributed by atoms with Crippen LogP contribution in [0.4, 0.5) is 0 Å². The highest BCUT2D eigenvalue weighted by Gasteiger charge is 2.25. The molecule has 0 saturated heterocycles. The quantitative estimate of drug-likeness (QED) is 0.854. The molecule has 2 atom stereocenters. The number of nitrogens with one attached hydrogen (secondary N) is 1. The lowest BCUT2D eigenvalue weighted by molar-refractivity contribution is -0.122. The van der Waals surface area contributed by atoms with Gasteiger partial charge in [-0.3, -0.25) is 9.79 Å². The minimum Gasteiger partial charge on any atom is -0.392 e. The summed E-state index contributed by atoms with van der Waals surface area (Å²) in [5, 5.41) is 12.7. The van der Waals surface area contributed by atoms with Gasteiger partial charge in [0.2, 0.25) is 5.91 Å². The summed E-state index contributed by atoms with van der Waals surface area (Å²) in [6.07, 6.45) is -0.527. The number of hydrogen-bond donors (Lipinski definition) is 2. The van der Waals surface area contributed by atoms with Crippen molar-refractivity contribution in [2.24, 2.45) is 4.99 Å². The normalized spacial score (nSPS) is 20.3. The van der Waals surface area contributed by atoms with Crippen molar-refractivity contribution in [1.82, 2.24) is 5.32 Å². The van der Waals surface area contributed by atoms with Crippen LogP contribution in [0.25, 0.3) is 0 Å². The highest BCUT2D eigenvalue weighted by molar-refractivity contribution is 8.14. The molecule has 18 heavy (non-hydrogen) atoms. The van der Waals surface area contributed by atoms with Crippen LogP contribution >= 0.6 is 11.8 Å². The molecule has 1 heterocycles. The molecule has 2 rings (SSSR count). The zero-order valence-corrected chi connectivity index (χ0v) is 11.0. The van der Waals surface area contributed by atoms with E-state index in [1.165, 1.54) is 0 Å². The minimum atomic E-state index is -0.527. The van der Waals surface area contributed by atoms with Crippen molar-refractivity contribution in [2.45, 2.75) is 19.1 Å². The van der Waals surface area contributed by atoms with Gasteiger partial charge in [-0.05, 0) is 6.92 Å². The molecule has 0 fully saturated rings. The van der Waals surface area contributed by atoms with Gasteiger partial charge in [0, 0.05) is 17.9 Å². The Kier molecular flexibility index (Phi) is 4.38. The molecule has 1 aromatic carbocycles. The maximum absolute atomic E-state index is 11.8. The molecule has 4 nitrogen and oxygen atoms in total. The predicted molar refractivity (Wildman–Crippen MR) is 73.9 cm³/mol. The fourth-order valence-electron chi connectivity index (χ4n) is 1.61. The Morgan fingerprint density at radius 1 is 1.56 bits per heavy atom. The summed E-state index contributed by atoms with van der Waals surface area (Å²) in [6.45, 7) is 1.92. The van der Waals surface area contributed by atoms with Crippen LogP contribution in [0.5, 0.6) is 0 Å². The Bertz CT molecular complexity index is 446. The zero-order valence-electron chi connectivity index (χ0n) is 10.2. The van der Waals surface area contributed by atoms with Gasteiger partial charge in [-0.15, -0.1) is 11.8 Å². The van der Waals surface area contributed by atoms with E-state index in [0.29, 0.717) is 5.75 Å². The van der Waals surface area contributed by atoms with Crippen LogP contribution in [0.1, 0.15) is 12.5 Å². The molecule has 0 spiro atoms. The van der Waals surface area contributed by atoms with E-state index in [0.717, 1.165) is 10.6 Å². The highest BCUT2D eigenvalue weighted by atomic mass is 32.2. The number of amides is 1. The van der Waals surface area contributed by atoms with Crippen molar-refractivity contribution in [3.63, 3.8) is 0 Å². The summed E-state index contributed by atoms with van der Waals surface area (Å²) in [7, 11) is 0. The van der Waals surface area contributed by atoms with Gasteiger partial charge in [-0.1, -0.05) is 30.3 Å². The topological polar surface area (TPSA) is 61.7 Å². The summed E-state index contributed by atoms with van der Waals surface area (Å²) < 4.78 is 0. The molecule has 0 saturated carbocycles. The van der Waals surface area contributed by atoms with Crippen molar-refractivity contribution >= 4 is 22.7 Å². The van der Waals surface area contributed by atoms with Gasteiger partial charge >= 0.3 is 0 Å². The summed E-state index contributed by atoms with van der Waals surface area (Å²) in [5.74, 6) is 0.546. The molecule has 1 aliphatic rings. The third-order valence-electron chi connectivity index (χ3n) is 2.55. The standard InChI is InChI=1S/C13H16N2O2S/c1-9(16)7-14-12(17)11-8-18-13(15-11)10-5-3-2-4-6-10/h2-6,9,11,16H,7-8H2,1H3,(H,14,17)/t9-,11?/m1/s1. The summed E-state index contributed by atoms with van der Waals surface area (Å²) >= 11 is 1.59. The number of thioether (sulfide) groups is 1. The number of carbonyl (C=O) groups is 1. The summed E-state index contributed by atoms with van der Waals surface area (Å²) in [6, 6.07) is 9.50. The van der Waals surface area contributed by atoms with Crippen LogP contribution in [-0.2, 0) is 4.79 Å². The van der Waals surface area contributed by atoms with Gasteiger partial charge in [0.1, 0.15) is 6.04 Å². The van der Waals surface area contributed by atoms with E-state index in [1.807, 2.05) is 30.3 Å². The first-order valence-corrected chi connectivity index (χ1v) is 6.87. The number of aliphatic hydroxyl groups is 1. The third-order valence-corrected chi connectivity index (χ3v) is 3.64. The van der Waals surface area contributed by atoms with Gasteiger partial charge in [0.15, 0.2) is 0 Å². The van der Waals surface area contributed by atoms with E-state index < -0.39 is 6.10 Å². The molecule has 0 aliphatic carbocycles. The summed E-state index contributed by atoms with van der Waals surface area (Å²) in [4.78, 5) is 16.2. The van der Waals surface area contributed by atoms with Gasteiger partial charge in [-0.2, -0.15) is 0 Å². The van der Waals surface area contributed by atoms with Crippen molar-refractivity contribution in [3.05, 3.63) is 35.9 Å². The lowest BCUT2D eigenvalue weighted by Gasteiger charge is -2.09. The maximum atomic E-state index is 11.8. The number of rotatable bonds is 4. The molecule has 2 N–H and O–H groups in total. The number of benzene rings is 1. The van der Waals surface area contributed by atoms with E-state index in [4.69, 9.17) is 5.11 Å². The van der Waals surface area contributed by atoms with Crippen LogP contribution < -0.4 is 5.32 Å². The van der Waals surface area contributed by atoms with Crippen molar-refractivity contribution in [1.29, 1.82) is 0 Å².